The smallest absolute Gasteiger partial charge is 0.306 e. The molecule has 0 aliphatic heterocycles. The standard InChI is InChI=1S/C68H123N2O7P/c1-7-10-13-16-19-22-25-28-30-31-32-33-34-35-36-37-38-39-41-43-46-49-52-55-58-61-68(72)77-66(59-56-53-50-47-44-27-24-21-18-15-12-9-3)65(64-76-78(73,74)75-63-62-70(4,5)6)69-67(71)60-57-54-51-48-45-42-40-29-26-23-20-17-14-11-8-2/h10,13,19,22,28,30,32-33,35-36,38-39,56,59,65-66H,7-9,11-12,14-18,20-21,23-27,29,31,34,37,40-55,57-58,60-64H2,1-6H3,(H-,69,71,73,74)/b13-10-,22-19-,30-28-,33-32-,36-35-,39-38-,59-56+. The zero-order valence-electron chi connectivity index (χ0n) is 51.6. The summed E-state index contributed by atoms with van der Waals surface area (Å²) in [6, 6.07) is -0.896. The molecule has 3 unspecified atom stereocenters. The highest BCUT2D eigenvalue weighted by molar-refractivity contribution is 7.45. The summed E-state index contributed by atoms with van der Waals surface area (Å²) >= 11 is 0. The number of quaternary nitrogens is 1. The molecule has 0 aromatic heterocycles. The number of carbonyl (C=O) groups is 2. The summed E-state index contributed by atoms with van der Waals surface area (Å²) < 4.78 is 30.3. The lowest BCUT2D eigenvalue weighted by Gasteiger charge is -2.30. The second-order valence-electron chi connectivity index (χ2n) is 22.9. The minimum atomic E-state index is -4.70. The van der Waals surface area contributed by atoms with Crippen molar-refractivity contribution in [3.63, 3.8) is 0 Å². The molecule has 0 rings (SSSR count). The lowest BCUT2D eigenvalue weighted by Crippen LogP contribution is -2.47. The van der Waals surface area contributed by atoms with Crippen LogP contribution in [-0.2, 0) is 27.9 Å². The fourth-order valence-electron chi connectivity index (χ4n) is 9.11. The van der Waals surface area contributed by atoms with Crippen molar-refractivity contribution in [3.8, 4) is 0 Å². The van der Waals surface area contributed by atoms with Gasteiger partial charge in [0.25, 0.3) is 7.82 Å². The van der Waals surface area contributed by atoms with E-state index in [2.05, 4.69) is 99.0 Å². The van der Waals surface area contributed by atoms with E-state index in [1.165, 1.54) is 128 Å². The van der Waals surface area contributed by atoms with E-state index in [0.29, 0.717) is 23.9 Å². The second-order valence-corrected chi connectivity index (χ2v) is 24.3. The Labute approximate surface area is 482 Å². The lowest BCUT2D eigenvalue weighted by atomic mass is 10.0. The molecule has 0 aliphatic carbocycles. The average Bonchev–Trinajstić information content (AvgIpc) is 3.40. The van der Waals surface area contributed by atoms with Crippen LogP contribution in [0.25, 0.3) is 0 Å². The predicted molar refractivity (Wildman–Crippen MR) is 335 cm³/mol. The number of ether oxygens (including phenoxy) is 1. The predicted octanol–water partition coefficient (Wildman–Crippen LogP) is 19.5. The first-order valence-corrected chi connectivity index (χ1v) is 33.9. The minimum Gasteiger partial charge on any atom is -0.756 e. The topological polar surface area (TPSA) is 114 Å². The molecule has 3 atom stereocenters. The normalized spacial score (nSPS) is 14.2. The number of phosphoric acid groups is 1. The molecule has 452 valence electrons. The molecule has 1 N–H and O–H groups in total. The van der Waals surface area contributed by atoms with Gasteiger partial charge in [0, 0.05) is 12.8 Å². The van der Waals surface area contributed by atoms with E-state index in [9.17, 15) is 19.0 Å². The first-order chi connectivity index (χ1) is 37.9. The molecular formula is C68H123N2O7P. The number of likely N-dealkylation sites (N-methyl/N-ethyl adjacent to an activating group) is 1. The van der Waals surface area contributed by atoms with Crippen LogP contribution in [0.1, 0.15) is 284 Å². The SMILES string of the molecule is CC/C=C\C/C=C\C/C=C\C/C=C\C/C=C\C/C=C\CCCCCCCCC(=O)OC(/C=C/CCCCCCCCCCCC)C(COP(=O)([O-])OCC[N+](C)(C)C)NC(=O)CCCCCCCCCCCCCCCCC. The van der Waals surface area contributed by atoms with E-state index in [-0.39, 0.29) is 24.9 Å². The Morgan fingerprint density at radius 2 is 0.821 bits per heavy atom. The number of hydrogen-bond acceptors (Lipinski definition) is 7. The number of allylic oxidation sites excluding steroid dienone is 13. The first kappa shape index (κ1) is 75.2. The number of nitrogens with one attached hydrogen (secondary N) is 1. The van der Waals surface area contributed by atoms with Gasteiger partial charge in [0.2, 0.25) is 5.91 Å². The zero-order valence-corrected chi connectivity index (χ0v) is 52.5. The van der Waals surface area contributed by atoms with Crippen LogP contribution in [0.2, 0.25) is 0 Å². The third kappa shape index (κ3) is 57.9. The third-order valence-electron chi connectivity index (χ3n) is 14.1. The van der Waals surface area contributed by atoms with Crippen molar-refractivity contribution >= 4 is 19.7 Å². The zero-order chi connectivity index (χ0) is 57.2. The average molecular weight is 1110 g/mol. The van der Waals surface area contributed by atoms with E-state index in [1.807, 2.05) is 33.3 Å². The van der Waals surface area contributed by atoms with Gasteiger partial charge in [0.15, 0.2) is 0 Å². The summed E-state index contributed by atoms with van der Waals surface area (Å²) in [5.41, 5.74) is 0. The summed E-state index contributed by atoms with van der Waals surface area (Å²) in [7, 11) is 1.17. The van der Waals surface area contributed by atoms with Crippen LogP contribution in [0.3, 0.4) is 0 Å². The minimum absolute atomic E-state index is 0.0266. The van der Waals surface area contributed by atoms with Crippen LogP contribution in [-0.4, -0.2) is 69.4 Å². The summed E-state index contributed by atoms with van der Waals surface area (Å²) in [5, 5.41) is 3.03. The van der Waals surface area contributed by atoms with Gasteiger partial charge >= 0.3 is 5.97 Å². The fraction of sp³-hybridized carbons (Fsp3) is 0.765. The Hall–Kier alpha value is -2.81. The van der Waals surface area contributed by atoms with Gasteiger partial charge in [-0.2, -0.15) is 0 Å². The molecular weight excluding hydrogens is 988 g/mol. The van der Waals surface area contributed by atoms with Crippen molar-refractivity contribution in [2.24, 2.45) is 0 Å². The van der Waals surface area contributed by atoms with Crippen molar-refractivity contribution in [2.45, 2.75) is 296 Å². The first-order valence-electron chi connectivity index (χ1n) is 32.4. The van der Waals surface area contributed by atoms with Crippen LogP contribution in [0.15, 0.2) is 85.1 Å². The van der Waals surface area contributed by atoms with E-state index < -0.39 is 26.6 Å². The molecule has 0 fully saturated rings. The molecule has 0 radical (unpaired) electrons. The van der Waals surface area contributed by atoms with Gasteiger partial charge in [-0.1, -0.05) is 273 Å². The molecule has 0 saturated carbocycles. The maximum Gasteiger partial charge on any atom is 0.306 e. The van der Waals surface area contributed by atoms with Crippen LogP contribution in [0, 0.1) is 0 Å². The third-order valence-corrected chi connectivity index (χ3v) is 15.1. The van der Waals surface area contributed by atoms with E-state index in [4.69, 9.17) is 13.8 Å². The summed E-state index contributed by atoms with van der Waals surface area (Å²) in [6.45, 7) is 6.73. The molecule has 78 heavy (non-hydrogen) atoms. The van der Waals surface area contributed by atoms with Gasteiger partial charge in [0.1, 0.15) is 19.3 Å². The number of nitrogens with zero attached hydrogens (tertiary/aromatic N) is 1. The molecule has 0 aliphatic rings. The second kappa shape index (κ2) is 57.4. The number of rotatable bonds is 58. The molecule has 0 aromatic carbocycles. The maximum atomic E-state index is 13.5. The summed E-state index contributed by atoms with van der Waals surface area (Å²) in [6.07, 6.45) is 75.5. The quantitative estimate of drug-likeness (QED) is 0.0212. The van der Waals surface area contributed by atoms with Crippen molar-refractivity contribution in [3.05, 3.63) is 85.1 Å². The van der Waals surface area contributed by atoms with Crippen LogP contribution < -0.4 is 10.2 Å². The van der Waals surface area contributed by atoms with E-state index >= 15 is 0 Å². The Morgan fingerprint density at radius 3 is 1.23 bits per heavy atom. The van der Waals surface area contributed by atoms with Gasteiger partial charge in [-0.3, -0.25) is 14.2 Å². The maximum absolute atomic E-state index is 13.5. The van der Waals surface area contributed by atoms with Crippen LogP contribution in [0.4, 0.5) is 0 Å². The molecule has 0 bridgehead atoms. The molecule has 0 heterocycles. The highest BCUT2D eigenvalue weighted by Gasteiger charge is 2.27. The highest BCUT2D eigenvalue weighted by Crippen LogP contribution is 2.38. The van der Waals surface area contributed by atoms with Crippen molar-refractivity contribution in [1.82, 2.24) is 5.32 Å². The van der Waals surface area contributed by atoms with Gasteiger partial charge in [-0.25, -0.2) is 0 Å². The fourth-order valence-corrected chi connectivity index (χ4v) is 9.84. The molecule has 1 amide bonds. The monoisotopic (exact) mass is 1110 g/mol. The molecule has 0 aromatic rings. The lowest BCUT2D eigenvalue weighted by molar-refractivity contribution is -0.870. The van der Waals surface area contributed by atoms with Crippen molar-refractivity contribution < 1.29 is 37.3 Å². The number of amides is 1. The Morgan fingerprint density at radius 1 is 0.462 bits per heavy atom. The van der Waals surface area contributed by atoms with Gasteiger partial charge in [-0.05, 0) is 83.1 Å². The largest absolute Gasteiger partial charge is 0.756 e. The molecule has 0 saturated heterocycles. The van der Waals surface area contributed by atoms with E-state index in [1.54, 1.807) is 0 Å². The Balaban J connectivity index is 5.19. The van der Waals surface area contributed by atoms with Gasteiger partial charge in [-0.15, -0.1) is 0 Å². The van der Waals surface area contributed by atoms with Crippen molar-refractivity contribution in [1.29, 1.82) is 0 Å². The van der Waals surface area contributed by atoms with Crippen molar-refractivity contribution in [2.75, 3.05) is 40.9 Å². The molecule has 10 heteroatoms. The van der Waals surface area contributed by atoms with Gasteiger partial charge < -0.3 is 28.5 Å². The van der Waals surface area contributed by atoms with Gasteiger partial charge in [0.05, 0.1) is 33.8 Å². The van der Waals surface area contributed by atoms with Crippen LogP contribution >= 0.6 is 7.82 Å². The van der Waals surface area contributed by atoms with E-state index in [0.717, 1.165) is 116 Å². The Bertz CT molecular complexity index is 1610. The van der Waals surface area contributed by atoms with Crippen LogP contribution in [0.5, 0.6) is 0 Å². The number of esters is 1. The number of carbonyl (C=O) groups excluding carboxylic acids is 2. The number of phosphoric ester groups is 1. The molecule has 9 nitrogen and oxygen atoms in total. The number of hydrogen-bond donors (Lipinski definition) is 1. The summed E-state index contributed by atoms with van der Waals surface area (Å²) in [5.74, 6) is -0.553. The number of unbranched alkanes of at least 4 members (excludes halogenated alkanes) is 30. The molecule has 0 spiro atoms. The summed E-state index contributed by atoms with van der Waals surface area (Å²) in [4.78, 5) is 40.0. The highest BCUT2D eigenvalue weighted by atomic mass is 31.2. The Kier molecular flexibility index (Phi) is 55.4.